The molecule has 6 nitrogen and oxygen atoms in total. The summed E-state index contributed by atoms with van der Waals surface area (Å²) in [5.41, 5.74) is 2.39. The molecule has 3 aromatic rings. The van der Waals surface area contributed by atoms with Gasteiger partial charge in [0.1, 0.15) is 24.2 Å². The first-order valence-electron chi connectivity index (χ1n) is 10.7. The maximum atomic E-state index is 13.3. The average Bonchev–Trinajstić information content (AvgIpc) is 3.66. The Morgan fingerprint density at radius 2 is 1.78 bits per heavy atom. The van der Waals surface area contributed by atoms with Crippen molar-refractivity contribution in [3.8, 4) is 23.0 Å². The number of rotatable bonds is 7. The molecule has 0 spiro atoms. The van der Waals surface area contributed by atoms with Crippen molar-refractivity contribution in [2.45, 2.75) is 25.2 Å². The summed E-state index contributed by atoms with van der Waals surface area (Å²) in [6.45, 7) is 1.60. The lowest BCUT2D eigenvalue weighted by Crippen LogP contribution is -2.11. The molecule has 0 saturated carbocycles. The van der Waals surface area contributed by atoms with Crippen molar-refractivity contribution in [1.29, 1.82) is 0 Å². The molecule has 0 unspecified atom stereocenters. The molecule has 164 valence electrons. The minimum absolute atomic E-state index is 0.118. The summed E-state index contributed by atoms with van der Waals surface area (Å²) >= 11 is 0. The van der Waals surface area contributed by atoms with Crippen molar-refractivity contribution in [3.63, 3.8) is 0 Å². The van der Waals surface area contributed by atoms with Gasteiger partial charge in [-0.1, -0.05) is 36.4 Å². The zero-order valence-corrected chi connectivity index (χ0v) is 17.8. The number of epoxide rings is 1. The second-order valence-electron chi connectivity index (χ2n) is 7.73. The Morgan fingerprint density at radius 3 is 2.59 bits per heavy atom. The van der Waals surface area contributed by atoms with E-state index in [9.17, 15) is 4.79 Å². The average molecular weight is 432 g/mol. The summed E-state index contributed by atoms with van der Waals surface area (Å²) in [4.78, 5) is 13.3. The quantitative estimate of drug-likeness (QED) is 0.396. The van der Waals surface area contributed by atoms with Crippen LogP contribution >= 0.6 is 0 Å². The topological polar surface area (TPSA) is 66.5 Å². The highest BCUT2D eigenvalue weighted by Gasteiger charge is 2.47. The third kappa shape index (κ3) is 4.27. The molecular weight excluding hydrogens is 408 g/mol. The predicted molar refractivity (Wildman–Crippen MR) is 118 cm³/mol. The van der Waals surface area contributed by atoms with E-state index in [1.165, 1.54) is 0 Å². The minimum atomic E-state index is -0.563. The maximum absolute atomic E-state index is 13.3. The number of ether oxygens (including phenoxy) is 5. The molecule has 2 heterocycles. The predicted octanol–water partition coefficient (Wildman–Crippen LogP) is 4.76. The van der Waals surface area contributed by atoms with Gasteiger partial charge in [0.15, 0.2) is 23.4 Å². The highest BCUT2D eigenvalue weighted by atomic mass is 16.6. The van der Waals surface area contributed by atoms with Crippen LogP contribution in [0, 0.1) is 0 Å². The smallest absolute Gasteiger partial charge is 0.198 e. The Labute approximate surface area is 186 Å². The summed E-state index contributed by atoms with van der Waals surface area (Å²) < 4.78 is 28.6. The number of fused-ring (bicyclic) bond motifs is 1. The monoisotopic (exact) mass is 432 g/mol. The summed E-state index contributed by atoms with van der Waals surface area (Å²) in [6, 6.07) is 20.7. The fourth-order valence-electron chi connectivity index (χ4n) is 3.76. The number of Topliss-reactive ketones (excluding diaryl/α,β-unsaturated/α-hetero) is 1. The van der Waals surface area contributed by atoms with E-state index in [1.807, 2.05) is 48.5 Å². The van der Waals surface area contributed by atoms with Crippen LogP contribution in [0.1, 0.15) is 34.0 Å². The van der Waals surface area contributed by atoms with E-state index in [1.54, 1.807) is 25.3 Å². The first kappa shape index (κ1) is 20.4. The van der Waals surface area contributed by atoms with Crippen LogP contribution in [0.3, 0.4) is 0 Å². The Balaban J connectivity index is 1.34. The lowest BCUT2D eigenvalue weighted by atomic mass is 10.0. The number of hydrogen-bond acceptors (Lipinski definition) is 6. The number of methoxy groups -OCH3 is 1. The van der Waals surface area contributed by atoms with Gasteiger partial charge in [0.25, 0.3) is 0 Å². The molecule has 32 heavy (non-hydrogen) atoms. The van der Waals surface area contributed by atoms with Gasteiger partial charge in [-0.25, -0.2) is 0 Å². The number of ketones is 1. The highest BCUT2D eigenvalue weighted by molar-refractivity contribution is 6.03. The van der Waals surface area contributed by atoms with Crippen LogP contribution in [-0.2, 0) is 11.3 Å². The van der Waals surface area contributed by atoms with E-state index >= 15 is 0 Å². The van der Waals surface area contributed by atoms with Crippen LogP contribution in [0.4, 0.5) is 0 Å². The van der Waals surface area contributed by atoms with Gasteiger partial charge in [-0.3, -0.25) is 4.79 Å². The Bertz CT molecular complexity index is 1110. The van der Waals surface area contributed by atoms with Crippen LogP contribution in [0.25, 0.3) is 0 Å². The summed E-state index contributed by atoms with van der Waals surface area (Å²) in [7, 11) is 1.59. The van der Waals surface area contributed by atoms with Crippen molar-refractivity contribution in [2.75, 3.05) is 20.3 Å². The van der Waals surface area contributed by atoms with E-state index in [0.717, 1.165) is 23.3 Å². The van der Waals surface area contributed by atoms with Crippen molar-refractivity contribution >= 4 is 5.78 Å². The first-order chi connectivity index (χ1) is 15.7. The van der Waals surface area contributed by atoms with E-state index < -0.39 is 6.10 Å². The van der Waals surface area contributed by atoms with Crippen LogP contribution in [-0.4, -0.2) is 32.2 Å². The normalized spacial score (nSPS) is 19.0. The highest BCUT2D eigenvalue weighted by Crippen LogP contribution is 2.44. The van der Waals surface area contributed by atoms with Gasteiger partial charge in [0.05, 0.1) is 25.9 Å². The van der Waals surface area contributed by atoms with Gasteiger partial charge in [-0.05, 0) is 35.4 Å². The second-order valence-corrected chi connectivity index (χ2v) is 7.73. The fraction of sp³-hybridized carbons (Fsp3) is 0.269. The van der Waals surface area contributed by atoms with Gasteiger partial charge in [-0.15, -0.1) is 0 Å². The lowest BCUT2D eigenvalue weighted by Gasteiger charge is -2.12. The molecule has 1 saturated heterocycles. The van der Waals surface area contributed by atoms with Crippen molar-refractivity contribution in [2.24, 2.45) is 0 Å². The molecule has 3 aromatic carbocycles. The maximum Gasteiger partial charge on any atom is 0.198 e. The summed E-state index contributed by atoms with van der Waals surface area (Å²) in [5, 5.41) is 0. The zero-order valence-electron chi connectivity index (χ0n) is 17.8. The van der Waals surface area contributed by atoms with E-state index in [2.05, 4.69) is 0 Å². The molecule has 2 aliphatic heterocycles. The Kier molecular flexibility index (Phi) is 5.69. The van der Waals surface area contributed by atoms with Gasteiger partial charge >= 0.3 is 0 Å². The molecule has 0 aromatic heterocycles. The molecule has 0 radical (unpaired) electrons. The van der Waals surface area contributed by atoms with Crippen LogP contribution in [0.5, 0.6) is 23.0 Å². The standard InChI is InChI=1S/C26H24O6/c1-28-19-9-10-20(22(15-19)31-16-17-6-3-2-4-7-17)24(27)26-25(32-26)18-8-11-21-23(14-18)30-13-5-12-29-21/h2-4,6-11,14-15,25-26H,5,12-13,16H2,1H3/t25-,26+/m1/s1. The molecule has 0 aliphatic carbocycles. The zero-order chi connectivity index (χ0) is 21.9. The number of carbonyl (C=O) groups is 1. The minimum Gasteiger partial charge on any atom is -0.497 e. The van der Waals surface area contributed by atoms with E-state index in [0.29, 0.717) is 42.6 Å². The molecule has 2 aliphatic rings. The number of carbonyl (C=O) groups excluding carboxylic acids is 1. The van der Waals surface area contributed by atoms with Gasteiger partial charge in [0.2, 0.25) is 0 Å². The van der Waals surface area contributed by atoms with Crippen molar-refractivity contribution in [3.05, 3.63) is 83.4 Å². The Hall–Kier alpha value is -3.51. The van der Waals surface area contributed by atoms with Gasteiger partial charge in [0, 0.05) is 12.5 Å². The van der Waals surface area contributed by atoms with Crippen molar-refractivity contribution < 1.29 is 28.5 Å². The number of hydrogen-bond donors (Lipinski definition) is 0. The summed E-state index contributed by atoms with van der Waals surface area (Å²) in [5.74, 6) is 2.40. The lowest BCUT2D eigenvalue weighted by molar-refractivity contribution is 0.0949. The van der Waals surface area contributed by atoms with Crippen molar-refractivity contribution in [1.82, 2.24) is 0 Å². The fourth-order valence-corrected chi connectivity index (χ4v) is 3.76. The molecule has 0 N–H and O–H groups in total. The third-order valence-electron chi connectivity index (χ3n) is 5.54. The number of benzene rings is 3. The van der Waals surface area contributed by atoms with Crippen LogP contribution in [0.2, 0.25) is 0 Å². The molecular formula is C26H24O6. The molecule has 1 fully saturated rings. The van der Waals surface area contributed by atoms with Crippen LogP contribution in [0.15, 0.2) is 66.7 Å². The second kappa shape index (κ2) is 8.93. The van der Waals surface area contributed by atoms with Gasteiger partial charge < -0.3 is 23.7 Å². The SMILES string of the molecule is COc1ccc(C(=O)[C@@H]2O[C@@H]2c2ccc3c(c2)OCCCO3)c(OCc2ccccc2)c1. The molecule has 2 atom stereocenters. The van der Waals surface area contributed by atoms with Crippen LogP contribution < -0.4 is 18.9 Å². The van der Waals surface area contributed by atoms with E-state index in [4.69, 9.17) is 23.7 Å². The largest absolute Gasteiger partial charge is 0.497 e. The Morgan fingerprint density at radius 1 is 0.969 bits per heavy atom. The molecule has 0 bridgehead atoms. The third-order valence-corrected chi connectivity index (χ3v) is 5.54. The molecule has 6 heteroatoms. The first-order valence-corrected chi connectivity index (χ1v) is 10.7. The summed E-state index contributed by atoms with van der Waals surface area (Å²) in [6.07, 6.45) is -0.0372. The van der Waals surface area contributed by atoms with Gasteiger partial charge in [-0.2, -0.15) is 0 Å². The van der Waals surface area contributed by atoms with E-state index in [-0.39, 0.29) is 11.9 Å². The molecule has 0 amide bonds. The molecule has 5 rings (SSSR count).